The van der Waals surface area contributed by atoms with E-state index in [0.717, 1.165) is 54.7 Å². The third-order valence-electron chi connectivity index (χ3n) is 11.2. The molecule has 2 heterocycles. The number of hydrogen-bond acceptors (Lipinski definition) is 5. The Morgan fingerprint density at radius 3 is 2.88 bits per heavy atom. The van der Waals surface area contributed by atoms with E-state index in [1.54, 1.807) is 5.57 Å². The first-order valence-corrected chi connectivity index (χ1v) is 15.1. The largest absolute Gasteiger partial charge is 0.402 e. The standard InChI is InChI=1S/C29H45N3OS/c1-17-9-27-26(31-15-17)14-29(33-27)8-7-21-22-6-5-20-10-25(30)19(16-32-34-4)13-28(20,3)24(22)11-23(21)18(2)12-29/h16-17,20-22,24,26-27,31H,5-15,30H2,1-4H3/b32-16+. The molecule has 4 nitrogen and oxygen atoms in total. The van der Waals surface area contributed by atoms with E-state index in [-0.39, 0.29) is 5.60 Å². The molecule has 4 fully saturated rings. The molecule has 0 bridgehead atoms. The van der Waals surface area contributed by atoms with Crippen LogP contribution in [0.3, 0.4) is 0 Å². The molecule has 1 spiro atoms. The predicted octanol–water partition coefficient (Wildman–Crippen LogP) is 6.04. The highest BCUT2D eigenvalue weighted by molar-refractivity contribution is 7.97. The molecule has 6 rings (SSSR count). The SMILES string of the molecule is CS/N=C/C1=C(N)CC2CCC3C4CCC5(CC(C)=C4CC3C2(C)C1)CC1NCC(C)CC1O5. The highest BCUT2D eigenvalue weighted by Crippen LogP contribution is 2.65. The molecule has 2 aliphatic heterocycles. The third kappa shape index (κ3) is 3.75. The fourth-order valence-electron chi connectivity index (χ4n) is 9.49. The van der Waals surface area contributed by atoms with Gasteiger partial charge in [-0.2, -0.15) is 0 Å². The van der Waals surface area contributed by atoms with Crippen LogP contribution < -0.4 is 11.1 Å². The van der Waals surface area contributed by atoms with Crippen molar-refractivity contribution in [2.45, 2.75) is 103 Å². The number of nitrogens with one attached hydrogen (secondary N) is 1. The van der Waals surface area contributed by atoms with E-state index in [2.05, 4.69) is 36.7 Å². The van der Waals surface area contributed by atoms with Crippen LogP contribution in [0.5, 0.6) is 0 Å². The molecular weight excluding hydrogens is 438 g/mol. The van der Waals surface area contributed by atoms with Crippen LogP contribution in [-0.2, 0) is 4.74 Å². The van der Waals surface area contributed by atoms with Gasteiger partial charge in [0.25, 0.3) is 0 Å². The van der Waals surface area contributed by atoms with E-state index in [1.165, 1.54) is 68.9 Å². The Morgan fingerprint density at radius 1 is 1.21 bits per heavy atom. The molecule has 5 heteroatoms. The third-order valence-corrected chi connectivity index (χ3v) is 11.5. The summed E-state index contributed by atoms with van der Waals surface area (Å²) in [5, 5.41) is 3.82. The Bertz CT molecular complexity index is 926. The van der Waals surface area contributed by atoms with Crippen LogP contribution in [0.15, 0.2) is 26.8 Å². The molecule has 9 unspecified atom stereocenters. The molecule has 9 atom stereocenters. The van der Waals surface area contributed by atoms with E-state index < -0.39 is 0 Å². The molecular formula is C29H45N3OS. The molecule has 6 aliphatic rings. The number of rotatable bonds is 2. The zero-order valence-electron chi connectivity index (χ0n) is 21.7. The number of fused-ring (bicyclic) bond motifs is 6. The first kappa shape index (κ1) is 23.6. The van der Waals surface area contributed by atoms with Gasteiger partial charge in [-0.3, -0.25) is 0 Å². The zero-order valence-corrected chi connectivity index (χ0v) is 22.6. The average Bonchev–Trinajstić information content (AvgIpc) is 3.31. The summed E-state index contributed by atoms with van der Waals surface area (Å²) in [4.78, 5) is 0. The topological polar surface area (TPSA) is 59.6 Å². The number of piperidine rings is 1. The van der Waals surface area contributed by atoms with Crippen LogP contribution in [0.25, 0.3) is 0 Å². The van der Waals surface area contributed by atoms with Gasteiger partial charge in [0.1, 0.15) is 0 Å². The number of allylic oxidation sites excluding steroid dienone is 3. The van der Waals surface area contributed by atoms with Crippen LogP contribution in [0.1, 0.15) is 85.0 Å². The Kier molecular flexibility index (Phi) is 6.01. The molecule has 0 aromatic rings. The zero-order chi connectivity index (χ0) is 23.7. The van der Waals surface area contributed by atoms with Crippen molar-refractivity contribution in [3.8, 4) is 0 Å². The lowest BCUT2D eigenvalue weighted by Crippen LogP contribution is -2.46. The molecule has 34 heavy (non-hydrogen) atoms. The Labute approximate surface area is 211 Å². The first-order valence-electron chi connectivity index (χ1n) is 14.0. The first-order chi connectivity index (χ1) is 16.3. The van der Waals surface area contributed by atoms with Gasteiger partial charge in [-0.1, -0.05) is 25.0 Å². The summed E-state index contributed by atoms with van der Waals surface area (Å²) >= 11 is 1.54. The highest BCUT2D eigenvalue weighted by atomic mass is 32.2. The molecule has 0 amide bonds. The second-order valence-electron chi connectivity index (χ2n) is 13.1. The van der Waals surface area contributed by atoms with Gasteiger partial charge in [0.05, 0.1) is 11.7 Å². The minimum atomic E-state index is 0.0912. The van der Waals surface area contributed by atoms with E-state index >= 15 is 0 Å². The fourth-order valence-corrected chi connectivity index (χ4v) is 9.73. The molecule has 188 valence electrons. The maximum Gasteiger partial charge on any atom is 0.0740 e. The molecule has 4 aliphatic carbocycles. The molecule has 3 N–H and O–H groups in total. The van der Waals surface area contributed by atoms with Crippen LogP contribution in [0, 0.1) is 35.0 Å². The van der Waals surface area contributed by atoms with Gasteiger partial charge < -0.3 is 15.8 Å². The van der Waals surface area contributed by atoms with E-state index in [4.69, 9.17) is 10.5 Å². The van der Waals surface area contributed by atoms with Crippen molar-refractivity contribution in [3.05, 3.63) is 22.4 Å². The minimum absolute atomic E-state index is 0.0912. The Balaban J connectivity index is 1.25. The van der Waals surface area contributed by atoms with Gasteiger partial charge in [0.15, 0.2) is 0 Å². The quantitative estimate of drug-likeness (QED) is 0.286. The van der Waals surface area contributed by atoms with Crippen molar-refractivity contribution in [1.82, 2.24) is 5.32 Å². The highest BCUT2D eigenvalue weighted by Gasteiger charge is 2.57. The van der Waals surface area contributed by atoms with Crippen molar-refractivity contribution in [2.75, 3.05) is 12.8 Å². The second kappa shape index (κ2) is 8.66. The maximum absolute atomic E-state index is 6.95. The van der Waals surface area contributed by atoms with Gasteiger partial charge >= 0.3 is 0 Å². The van der Waals surface area contributed by atoms with Gasteiger partial charge in [-0.15, -0.1) is 0 Å². The van der Waals surface area contributed by atoms with Crippen molar-refractivity contribution in [3.63, 3.8) is 0 Å². The fraction of sp³-hybridized carbons (Fsp3) is 0.828. The smallest absolute Gasteiger partial charge is 0.0740 e. The Morgan fingerprint density at radius 2 is 2.06 bits per heavy atom. The predicted molar refractivity (Wildman–Crippen MR) is 143 cm³/mol. The van der Waals surface area contributed by atoms with Crippen molar-refractivity contribution in [1.29, 1.82) is 0 Å². The summed E-state index contributed by atoms with van der Waals surface area (Å²) in [6.07, 6.45) is 17.0. The van der Waals surface area contributed by atoms with E-state index in [9.17, 15) is 0 Å². The summed E-state index contributed by atoms with van der Waals surface area (Å²) in [5.74, 6) is 3.91. The summed E-state index contributed by atoms with van der Waals surface area (Å²) < 4.78 is 11.5. The van der Waals surface area contributed by atoms with Gasteiger partial charge in [-0.25, -0.2) is 4.40 Å². The summed E-state index contributed by atoms with van der Waals surface area (Å²) in [7, 11) is 0. The number of ether oxygens (including phenoxy) is 1. The summed E-state index contributed by atoms with van der Waals surface area (Å²) in [6, 6.07) is 0.579. The maximum atomic E-state index is 6.95. The molecule has 0 aromatic carbocycles. The lowest BCUT2D eigenvalue weighted by molar-refractivity contribution is -0.0627. The van der Waals surface area contributed by atoms with Gasteiger partial charge in [0.2, 0.25) is 0 Å². The second-order valence-corrected chi connectivity index (χ2v) is 13.7. The Hall–Kier alpha value is -0.780. The van der Waals surface area contributed by atoms with Gasteiger partial charge in [-0.05, 0) is 130 Å². The van der Waals surface area contributed by atoms with E-state index in [1.807, 2.05) is 11.8 Å². The molecule has 2 saturated heterocycles. The monoisotopic (exact) mass is 483 g/mol. The minimum Gasteiger partial charge on any atom is -0.402 e. The van der Waals surface area contributed by atoms with Gasteiger partial charge in [0, 0.05) is 24.2 Å². The van der Waals surface area contributed by atoms with Crippen LogP contribution in [0.4, 0.5) is 0 Å². The lowest BCUT2D eigenvalue weighted by Gasteiger charge is -2.52. The lowest BCUT2D eigenvalue weighted by atomic mass is 9.52. The molecule has 0 radical (unpaired) electrons. The molecule has 2 saturated carbocycles. The van der Waals surface area contributed by atoms with E-state index in [0.29, 0.717) is 17.6 Å². The van der Waals surface area contributed by atoms with Crippen molar-refractivity contribution < 1.29 is 4.74 Å². The van der Waals surface area contributed by atoms with Crippen LogP contribution >= 0.6 is 11.9 Å². The number of nitrogens with two attached hydrogens (primary N) is 1. The summed E-state index contributed by atoms with van der Waals surface area (Å²) in [5.41, 5.74) is 12.9. The number of hydrogen-bond donors (Lipinski definition) is 2. The van der Waals surface area contributed by atoms with Crippen LogP contribution in [-0.4, -0.2) is 36.8 Å². The normalized spacial score (nSPS) is 48.6. The van der Waals surface area contributed by atoms with Crippen LogP contribution in [0.2, 0.25) is 0 Å². The average molecular weight is 484 g/mol. The van der Waals surface area contributed by atoms with Crippen molar-refractivity contribution >= 4 is 18.2 Å². The number of nitrogens with zero attached hydrogens (tertiary/aromatic N) is 1. The van der Waals surface area contributed by atoms with Crippen molar-refractivity contribution in [2.24, 2.45) is 45.1 Å². The molecule has 0 aromatic heterocycles. The summed E-state index contributed by atoms with van der Waals surface area (Å²) in [6.45, 7) is 8.60.